The van der Waals surface area contributed by atoms with Gasteiger partial charge >= 0.3 is 6.18 Å². The van der Waals surface area contributed by atoms with Gasteiger partial charge in [-0.3, -0.25) is 14.8 Å². The topological polar surface area (TPSA) is 42.9 Å². The van der Waals surface area contributed by atoms with E-state index >= 15 is 0 Å². The highest BCUT2D eigenvalue weighted by molar-refractivity contribution is 7.17. The number of aromatic nitrogens is 2. The maximum absolute atomic E-state index is 12.4. The summed E-state index contributed by atoms with van der Waals surface area (Å²) in [6, 6.07) is 7.90. The Morgan fingerprint density at radius 1 is 1.00 bits per heavy atom. The van der Waals surface area contributed by atoms with E-state index in [9.17, 15) is 18.0 Å². The summed E-state index contributed by atoms with van der Waals surface area (Å²) in [6.07, 6.45) is -1.75. The molecular weight excluding hydrogens is 301 g/mol. The van der Waals surface area contributed by atoms with E-state index in [2.05, 4.69) is 9.97 Å². The van der Waals surface area contributed by atoms with Crippen molar-refractivity contribution in [2.24, 2.45) is 0 Å². The van der Waals surface area contributed by atoms with Crippen LogP contribution in [-0.4, -0.2) is 21.9 Å². The molecule has 0 saturated heterocycles. The molecule has 0 aliphatic rings. The summed E-state index contributed by atoms with van der Waals surface area (Å²) >= 11 is 0.812. The number of rotatable bonds is 2. The van der Waals surface area contributed by atoms with E-state index < -0.39 is 12.0 Å². The molecule has 2 aromatic heterocycles. The molecule has 1 aromatic carbocycles. The van der Waals surface area contributed by atoms with Gasteiger partial charge in [-0.2, -0.15) is 13.2 Å². The van der Waals surface area contributed by atoms with Crippen LogP contribution in [0.3, 0.4) is 0 Å². The summed E-state index contributed by atoms with van der Waals surface area (Å²) < 4.78 is 37.2. The number of thiophene rings is 1. The van der Waals surface area contributed by atoms with Crippen molar-refractivity contribution >= 4 is 28.2 Å². The monoisotopic (exact) mass is 308 g/mol. The summed E-state index contributed by atoms with van der Waals surface area (Å²) in [6.45, 7) is 0. The van der Waals surface area contributed by atoms with Crippen molar-refractivity contribution in [3.05, 3.63) is 47.6 Å². The van der Waals surface area contributed by atoms with Gasteiger partial charge in [0.2, 0.25) is 0 Å². The molecular formula is C14H7F3N2OS. The van der Waals surface area contributed by atoms with Crippen LogP contribution in [0, 0.1) is 0 Å². The Kier molecular flexibility index (Phi) is 3.21. The van der Waals surface area contributed by atoms with Crippen LogP contribution in [0.25, 0.3) is 21.5 Å². The second-order valence-corrected chi connectivity index (χ2v) is 5.33. The third kappa shape index (κ3) is 2.64. The lowest BCUT2D eigenvalue weighted by atomic mass is 10.1. The van der Waals surface area contributed by atoms with E-state index in [0.29, 0.717) is 21.5 Å². The molecule has 0 aliphatic heterocycles. The maximum Gasteiger partial charge on any atom is 0.455 e. The summed E-state index contributed by atoms with van der Waals surface area (Å²) in [7, 11) is 0. The molecule has 0 radical (unpaired) electrons. The van der Waals surface area contributed by atoms with Gasteiger partial charge in [0.15, 0.2) is 0 Å². The Morgan fingerprint density at radius 2 is 1.71 bits per heavy atom. The number of Topliss-reactive ketones (excluding diaryl/α,β-unsaturated/α-hetero) is 1. The Labute approximate surface area is 121 Å². The molecule has 0 unspecified atom stereocenters. The van der Waals surface area contributed by atoms with Gasteiger partial charge < -0.3 is 0 Å². The van der Waals surface area contributed by atoms with Gasteiger partial charge in [0.25, 0.3) is 5.78 Å². The molecule has 0 spiro atoms. The minimum absolute atomic E-state index is 0.322. The standard InChI is InChI=1S/C14H7F3N2OS/c15-14(16,17)13(20)12-4-3-11(21-12)8-1-2-9-10(7-8)19-6-5-18-9/h1-7H. The third-order valence-electron chi connectivity index (χ3n) is 2.84. The largest absolute Gasteiger partial charge is 0.455 e. The molecule has 0 saturated carbocycles. The molecule has 3 nitrogen and oxygen atoms in total. The number of ketones is 1. The van der Waals surface area contributed by atoms with Crippen LogP contribution in [-0.2, 0) is 0 Å². The minimum atomic E-state index is -4.85. The number of carbonyl (C=O) groups is 1. The molecule has 3 aromatic rings. The van der Waals surface area contributed by atoms with Crippen LogP contribution in [0.4, 0.5) is 13.2 Å². The van der Waals surface area contributed by atoms with Gasteiger partial charge in [0, 0.05) is 17.3 Å². The third-order valence-corrected chi connectivity index (χ3v) is 3.97. The van der Waals surface area contributed by atoms with Gasteiger partial charge in [-0.1, -0.05) is 6.07 Å². The van der Waals surface area contributed by atoms with Gasteiger partial charge in [0.05, 0.1) is 15.9 Å². The second-order valence-electron chi connectivity index (χ2n) is 4.25. The molecule has 3 rings (SSSR count). The van der Waals surface area contributed by atoms with E-state index in [-0.39, 0.29) is 4.88 Å². The first-order chi connectivity index (χ1) is 9.95. The van der Waals surface area contributed by atoms with E-state index in [1.807, 2.05) is 0 Å². The molecule has 0 N–H and O–H groups in total. The molecule has 0 bridgehead atoms. The molecule has 0 aliphatic carbocycles. The number of alkyl halides is 3. The number of hydrogen-bond donors (Lipinski definition) is 0. The molecule has 106 valence electrons. The molecule has 2 heterocycles. The van der Waals surface area contributed by atoms with Gasteiger partial charge in [-0.05, 0) is 29.8 Å². The Bertz CT molecular complexity index is 826. The number of halogens is 3. The Hall–Kier alpha value is -2.28. The van der Waals surface area contributed by atoms with Crippen molar-refractivity contribution in [1.29, 1.82) is 0 Å². The highest BCUT2D eigenvalue weighted by atomic mass is 32.1. The normalized spacial score (nSPS) is 11.8. The second kappa shape index (κ2) is 4.92. The fourth-order valence-corrected chi connectivity index (χ4v) is 2.83. The fourth-order valence-electron chi connectivity index (χ4n) is 1.87. The first-order valence-corrected chi connectivity index (χ1v) is 6.69. The fraction of sp³-hybridized carbons (Fsp3) is 0.0714. The molecule has 21 heavy (non-hydrogen) atoms. The first kappa shape index (κ1) is 13.7. The van der Waals surface area contributed by atoms with Crippen molar-refractivity contribution in [3.63, 3.8) is 0 Å². The molecule has 0 atom stereocenters. The average Bonchev–Trinajstić information content (AvgIpc) is 2.94. The zero-order chi connectivity index (χ0) is 15.0. The smallest absolute Gasteiger partial charge is 0.283 e. The highest BCUT2D eigenvalue weighted by Gasteiger charge is 2.40. The van der Waals surface area contributed by atoms with Crippen LogP contribution in [0.1, 0.15) is 9.67 Å². The van der Waals surface area contributed by atoms with Crippen molar-refractivity contribution in [3.8, 4) is 10.4 Å². The van der Waals surface area contributed by atoms with Crippen molar-refractivity contribution in [2.45, 2.75) is 6.18 Å². The van der Waals surface area contributed by atoms with Crippen LogP contribution >= 0.6 is 11.3 Å². The lowest BCUT2D eigenvalue weighted by molar-refractivity contribution is -0.0882. The number of nitrogens with zero attached hydrogens (tertiary/aromatic N) is 2. The first-order valence-electron chi connectivity index (χ1n) is 5.87. The number of hydrogen-bond acceptors (Lipinski definition) is 4. The zero-order valence-corrected chi connectivity index (χ0v) is 11.2. The summed E-state index contributed by atoms with van der Waals surface area (Å²) in [4.78, 5) is 19.7. The number of carbonyl (C=O) groups excluding carboxylic acids is 1. The summed E-state index contributed by atoms with van der Waals surface area (Å²) in [5, 5.41) is 0. The van der Waals surface area contributed by atoms with Crippen molar-refractivity contribution in [2.75, 3.05) is 0 Å². The Morgan fingerprint density at radius 3 is 2.43 bits per heavy atom. The van der Waals surface area contributed by atoms with Crippen molar-refractivity contribution < 1.29 is 18.0 Å². The number of fused-ring (bicyclic) bond motifs is 1. The average molecular weight is 308 g/mol. The van der Waals surface area contributed by atoms with Gasteiger partial charge in [-0.25, -0.2) is 0 Å². The van der Waals surface area contributed by atoms with Crippen molar-refractivity contribution in [1.82, 2.24) is 9.97 Å². The zero-order valence-electron chi connectivity index (χ0n) is 10.4. The number of benzene rings is 1. The lowest BCUT2D eigenvalue weighted by Gasteiger charge is -2.02. The predicted molar refractivity (Wildman–Crippen MR) is 73.2 cm³/mol. The summed E-state index contributed by atoms with van der Waals surface area (Å²) in [5.74, 6) is -1.82. The van der Waals surface area contributed by atoms with E-state index in [0.717, 1.165) is 11.3 Å². The van der Waals surface area contributed by atoms with Crippen LogP contribution < -0.4 is 0 Å². The molecule has 0 fully saturated rings. The summed E-state index contributed by atoms with van der Waals surface area (Å²) in [5.41, 5.74) is 2.05. The lowest BCUT2D eigenvalue weighted by Crippen LogP contribution is -2.21. The van der Waals surface area contributed by atoms with Gasteiger partial charge in [-0.15, -0.1) is 11.3 Å². The maximum atomic E-state index is 12.4. The van der Waals surface area contributed by atoms with Crippen LogP contribution in [0.2, 0.25) is 0 Å². The SMILES string of the molecule is O=C(c1ccc(-c2ccc3nccnc3c2)s1)C(F)(F)F. The van der Waals surface area contributed by atoms with E-state index in [1.54, 1.807) is 30.6 Å². The predicted octanol–water partition coefficient (Wildman–Crippen LogP) is 4.10. The Balaban J connectivity index is 2.00. The molecule has 0 amide bonds. The van der Waals surface area contributed by atoms with E-state index in [1.165, 1.54) is 12.1 Å². The van der Waals surface area contributed by atoms with Crippen LogP contribution in [0.15, 0.2) is 42.7 Å². The van der Waals surface area contributed by atoms with Gasteiger partial charge in [0.1, 0.15) is 0 Å². The van der Waals surface area contributed by atoms with E-state index in [4.69, 9.17) is 0 Å². The quantitative estimate of drug-likeness (QED) is 0.669. The minimum Gasteiger partial charge on any atom is -0.283 e. The van der Waals surface area contributed by atoms with Crippen LogP contribution in [0.5, 0.6) is 0 Å². The highest BCUT2D eigenvalue weighted by Crippen LogP contribution is 2.32. The molecule has 7 heteroatoms.